The van der Waals surface area contributed by atoms with Crippen LogP contribution in [0, 0.1) is 11.3 Å². The number of carbonyl (C=O) groups excluding carboxylic acids is 1. The lowest BCUT2D eigenvalue weighted by Gasteiger charge is -2.11. The van der Waals surface area contributed by atoms with Crippen molar-refractivity contribution in [1.82, 2.24) is 4.90 Å². The van der Waals surface area contributed by atoms with Crippen LogP contribution in [0.5, 0.6) is 11.5 Å². The van der Waals surface area contributed by atoms with E-state index in [4.69, 9.17) is 14.7 Å². The monoisotopic (exact) mass is 248 g/mol. The van der Waals surface area contributed by atoms with Gasteiger partial charge in [-0.05, 0) is 12.1 Å². The first-order chi connectivity index (χ1) is 8.56. The Balaban J connectivity index is 2.62. The fraction of sp³-hybridized carbons (Fsp3) is 0.385. The normalized spacial score (nSPS) is 9.44. The maximum absolute atomic E-state index is 11.3. The third-order valence-electron chi connectivity index (χ3n) is 2.33. The van der Waals surface area contributed by atoms with Gasteiger partial charge in [0.05, 0.1) is 31.8 Å². The van der Waals surface area contributed by atoms with Crippen molar-refractivity contribution in [3.05, 3.63) is 23.8 Å². The summed E-state index contributed by atoms with van der Waals surface area (Å²) in [5.41, 5.74) is 0.461. The molecule has 0 saturated carbocycles. The van der Waals surface area contributed by atoms with Crippen LogP contribution in [-0.2, 0) is 4.79 Å². The second-order valence-electron chi connectivity index (χ2n) is 3.90. The van der Waals surface area contributed by atoms with Gasteiger partial charge in [-0.1, -0.05) is 0 Å². The largest absolute Gasteiger partial charge is 0.497 e. The number of amides is 1. The van der Waals surface area contributed by atoms with Gasteiger partial charge in [0.15, 0.2) is 0 Å². The number of carbonyl (C=O) groups is 1. The molecule has 0 atom stereocenters. The zero-order chi connectivity index (χ0) is 13.5. The topological polar surface area (TPSA) is 62.6 Å². The highest BCUT2D eigenvalue weighted by molar-refractivity contribution is 5.75. The van der Waals surface area contributed by atoms with Gasteiger partial charge in [-0.2, -0.15) is 5.26 Å². The molecule has 1 aromatic rings. The molecule has 0 aliphatic heterocycles. The third-order valence-corrected chi connectivity index (χ3v) is 2.33. The molecular weight excluding hydrogens is 232 g/mol. The summed E-state index contributed by atoms with van der Waals surface area (Å²) >= 11 is 0. The van der Waals surface area contributed by atoms with Crippen LogP contribution >= 0.6 is 0 Å². The van der Waals surface area contributed by atoms with Gasteiger partial charge in [0, 0.05) is 20.2 Å². The highest BCUT2D eigenvalue weighted by Crippen LogP contribution is 2.22. The maximum Gasteiger partial charge on any atom is 0.225 e. The lowest BCUT2D eigenvalue weighted by molar-refractivity contribution is -0.129. The van der Waals surface area contributed by atoms with Crippen LogP contribution in [0.15, 0.2) is 18.2 Å². The standard InChI is InChI=1S/C13H16N2O3/c1-15(2)13(16)4-5-18-12-7-10(9-14)6-11(8-12)17-3/h6-8H,4-5H2,1-3H3. The Morgan fingerprint density at radius 3 is 2.56 bits per heavy atom. The van der Waals surface area contributed by atoms with E-state index in [1.807, 2.05) is 6.07 Å². The van der Waals surface area contributed by atoms with Crippen molar-refractivity contribution in [1.29, 1.82) is 5.26 Å². The molecule has 0 aliphatic carbocycles. The first-order valence-corrected chi connectivity index (χ1v) is 5.49. The number of hydrogen-bond donors (Lipinski definition) is 0. The lowest BCUT2D eigenvalue weighted by Crippen LogP contribution is -2.23. The molecule has 0 unspecified atom stereocenters. The SMILES string of the molecule is COc1cc(C#N)cc(OCCC(=O)N(C)C)c1. The Bertz CT molecular complexity index is 464. The van der Waals surface area contributed by atoms with Crippen molar-refractivity contribution in [2.45, 2.75) is 6.42 Å². The summed E-state index contributed by atoms with van der Waals surface area (Å²) in [6.07, 6.45) is 0.298. The van der Waals surface area contributed by atoms with E-state index >= 15 is 0 Å². The molecule has 0 spiro atoms. The number of nitriles is 1. The number of ether oxygens (including phenoxy) is 2. The molecule has 18 heavy (non-hydrogen) atoms. The summed E-state index contributed by atoms with van der Waals surface area (Å²) in [5.74, 6) is 1.08. The van der Waals surface area contributed by atoms with E-state index in [9.17, 15) is 4.79 Å². The summed E-state index contributed by atoms with van der Waals surface area (Å²) in [7, 11) is 4.92. The molecule has 1 aromatic carbocycles. The molecule has 1 rings (SSSR count). The smallest absolute Gasteiger partial charge is 0.225 e. The van der Waals surface area contributed by atoms with Crippen LogP contribution in [0.4, 0.5) is 0 Å². The van der Waals surface area contributed by atoms with Crippen LogP contribution in [0.3, 0.4) is 0 Å². The van der Waals surface area contributed by atoms with Crippen LogP contribution in [0.1, 0.15) is 12.0 Å². The van der Waals surface area contributed by atoms with Gasteiger partial charge in [0.25, 0.3) is 0 Å². The molecule has 0 aliphatic rings. The minimum atomic E-state index is -0.00148. The minimum Gasteiger partial charge on any atom is -0.497 e. The van der Waals surface area contributed by atoms with E-state index in [0.29, 0.717) is 23.5 Å². The zero-order valence-corrected chi connectivity index (χ0v) is 10.8. The Morgan fingerprint density at radius 1 is 1.33 bits per heavy atom. The molecule has 5 heteroatoms. The second-order valence-corrected chi connectivity index (χ2v) is 3.90. The molecule has 0 heterocycles. The van der Waals surface area contributed by atoms with Gasteiger partial charge in [-0.3, -0.25) is 4.79 Å². The Kier molecular flexibility index (Phi) is 5.00. The number of methoxy groups -OCH3 is 1. The molecule has 0 N–H and O–H groups in total. The minimum absolute atomic E-state index is 0.00148. The fourth-order valence-corrected chi connectivity index (χ4v) is 1.32. The van der Waals surface area contributed by atoms with E-state index in [0.717, 1.165) is 0 Å². The molecule has 0 bridgehead atoms. The lowest BCUT2D eigenvalue weighted by atomic mass is 10.2. The van der Waals surface area contributed by atoms with E-state index in [-0.39, 0.29) is 12.5 Å². The highest BCUT2D eigenvalue weighted by atomic mass is 16.5. The Morgan fingerprint density at radius 2 is 2.00 bits per heavy atom. The van der Waals surface area contributed by atoms with E-state index in [1.165, 1.54) is 12.0 Å². The number of nitrogens with zero attached hydrogens (tertiary/aromatic N) is 2. The van der Waals surface area contributed by atoms with Crippen LogP contribution in [-0.4, -0.2) is 38.6 Å². The van der Waals surface area contributed by atoms with Crippen molar-refractivity contribution in [3.8, 4) is 17.6 Å². The second kappa shape index (κ2) is 6.50. The van der Waals surface area contributed by atoms with Gasteiger partial charge in [0.2, 0.25) is 5.91 Å². The number of hydrogen-bond acceptors (Lipinski definition) is 4. The summed E-state index contributed by atoms with van der Waals surface area (Å²) < 4.78 is 10.5. The van der Waals surface area contributed by atoms with Gasteiger partial charge in [-0.15, -0.1) is 0 Å². The third kappa shape index (κ3) is 3.98. The van der Waals surface area contributed by atoms with Crippen molar-refractivity contribution in [3.63, 3.8) is 0 Å². The molecule has 0 aromatic heterocycles. The molecule has 1 amide bonds. The Hall–Kier alpha value is -2.22. The quantitative estimate of drug-likeness (QED) is 0.790. The van der Waals surface area contributed by atoms with Crippen molar-refractivity contribution >= 4 is 5.91 Å². The average Bonchev–Trinajstić information content (AvgIpc) is 2.37. The highest BCUT2D eigenvalue weighted by Gasteiger charge is 2.06. The summed E-state index contributed by atoms with van der Waals surface area (Å²) in [6, 6.07) is 6.94. The van der Waals surface area contributed by atoms with Crippen LogP contribution < -0.4 is 9.47 Å². The first-order valence-electron chi connectivity index (χ1n) is 5.49. The predicted octanol–water partition coefficient (Wildman–Crippen LogP) is 1.42. The molecule has 96 valence electrons. The summed E-state index contributed by atoms with van der Waals surface area (Å²) in [4.78, 5) is 12.9. The molecule has 0 radical (unpaired) electrons. The van der Waals surface area contributed by atoms with Crippen molar-refractivity contribution in [2.75, 3.05) is 27.8 Å². The first kappa shape index (κ1) is 13.8. The molecule has 0 fully saturated rings. The van der Waals surface area contributed by atoms with Gasteiger partial charge in [-0.25, -0.2) is 0 Å². The molecular formula is C13H16N2O3. The fourth-order valence-electron chi connectivity index (χ4n) is 1.32. The Labute approximate surface area is 107 Å². The molecule has 5 nitrogen and oxygen atoms in total. The van der Waals surface area contributed by atoms with Crippen LogP contribution in [0.25, 0.3) is 0 Å². The molecule has 0 saturated heterocycles. The van der Waals surface area contributed by atoms with Gasteiger partial charge >= 0.3 is 0 Å². The van der Waals surface area contributed by atoms with E-state index in [1.54, 1.807) is 32.3 Å². The predicted molar refractivity (Wildman–Crippen MR) is 66.5 cm³/mol. The van der Waals surface area contributed by atoms with E-state index < -0.39 is 0 Å². The maximum atomic E-state index is 11.3. The van der Waals surface area contributed by atoms with Gasteiger partial charge in [0.1, 0.15) is 11.5 Å². The number of benzene rings is 1. The number of rotatable bonds is 5. The zero-order valence-electron chi connectivity index (χ0n) is 10.8. The van der Waals surface area contributed by atoms with E-state index in [2.05, 4.69) is 0 Å². The summed E-state index contributed by atoms with van der Waals surface area (Å²) in [6.45, 7) is 0.273. The van der Waals surface area contributed by atoms with Crippen LogP contribution in [0.2, 0.25) is 0 Å². The summed E-state index contributed by atoms with van der Waals surface area (Å²) in [5, 5.41) is 8.85. The van der Waals surface area contributed by atoms with Crippen molar-refractivity contribution in [2.24, 2.45) is 0 Å². The van der Waals surface area contributed by atoms with Gasteiger partial charge < -0.3 is 14.4 Å². The van der Waals surface area contributed by atoms with Crippen molar-refractivity contribution < 1.29 is 14.3 Å². The average molecular weight is 248 g/mol.